The fourth-order valence-electron chi connectivity index (χ4n) is 1.67. The van der Waals surface area contributed by atoms with Crippen molar-refractivity contribution in [2.45, 2.75) is 51.4 Å². The van der Waals surface area contributed by atoms with Crippen LogP contribution in [0.4, 0.5) is 5.95 Å². The average Bonchev–Trinajstić information content (AvgIpc) is 2.78. The Bertz CT molecular complexity index is 422. The van der Waals surface area contributed by atoms with Gasteiger partial charge in [-0.05, 0) is 19.8 Å². The third kappa shape index (κ3) is 4.12. The fourth-order valence-corrected chi connectivity index (χ4v) is 2.35. The lowest BCUT2D eigenvalue weighted by Gasteiger charge is -2.25. The Morgan fingerprint density at radius 1 is 1.47 bits per heavy atom. The normalized spacial score (nSPS) is 12.4. The van der Waals surface area contributed by atoms with Gasteiger partial charge in [0, 0.05) is 19.6 Å². The molecule has 1 heterocycles. The highest BCUT2D eigenvalue weighted by atomic mass is 32.2. The van der Waals surface area contributed by atoms with Gasteiger partial charge in [-0.3, -0.25) is 9.36 Å². The maximum Gasteiger partial charge on any atom is 0.313 e. The number of rotatable bonds is 8. The first-order valence-corrected chi connectivity index (χ1v) is 7.50. The summed E-state index contributed by atoms with van der Waals surface area (Å²) in [6, 6.07) is 0.372. The second-order valence-corrected chi connectivity index (χ2v) is 5.43. The second-order valence-electron chi connectivity index (χ2n) is 4.48. The predicted molar refractivity (Wildman–Crippen MR) is 76.8 cm³/mol. The third-order valence-electron chi connectivity index (χ3n) is 3.04. The molecule has 0 bridgehead atoms. The Morgan fingerprint density at radius 2 is 2.16 bits per heavy atom. The van der Waals surface area contributed by atoms with E-state index < -0.39 is 5.97 Å². The molecule has 0 saturated carbocycles. The van der Waals surface area contributed by atoms with Gasteiger partial charge in [0.1, 0.15) is 0 Å². The highest BCUT2D eigenvalue weighted by Crippen LogP contribution is 2.23. The highest BCUT2D eigenvalue weighted by molar-refractivity contribution is 7.99. The second kappa shape index (κ2) is 7.37. The molecule has 19 heavy (non-hydrogen) atoms. The first-order chi connectivity index (χ1) is 9.01. The maximum absolute atomic E-state index is 10.6. The van der Waals surface area contributed by atoms with E-state index in [0.717, 1.165) is 25.3 Å². The molecule has 0 aliphatic carbocycles. The van der Waals surface area contributed by atoms with Crippen molar-refractivity contribution in [3.63, 3.8) is 0 Å². The minimum absolute atomic E-state index is 0.00882. The van der Waals surface area contributed by atoms with Crippen molar-refractivity contribution in [1.29, 1.82) is 0 Å². The molecule has 1 aromatic heterocycles. The minimum Gasteiger partial charge on any atom is -0.481 e. The molecule has 1 aromatic rings. The van der Waals surface area contributed by atoms with Crippen LogP contribution in [0.5, 0.6) is 0 Å². The Kier molecular flexibility index (Phi) is 6.14. The van der Waals surface area contributed by atoms with E-state index in [4.69, 9.17) is 5.11 Å². The molecule has 1 unspecified atom stereocenters. The molecule has 1 rings (SSSR count). The summed E-state index contributed by atoms with van der Waals surface area (Å²) in [6.07, 6.45) is 1.98. The molecule has 0 aliphatic heterocycles. The van der Waals surface area contributed by atoms with Crippen LogP contribution in [0.15, 0.2) is 5.16 Å². The van der Waals surface area contributed by atoms with E-state index in [9.17, 15) is 4.79 Å². The Labute approximate surface area is 118 Å². The lowest BCUT2D eigenvalue weighted by molar-refractivity contribution is -0.133. The zero-order valence-corrected chi connectivity index (χ0v) is 12.8. The number of carboxylic acids is 1. The quantitative estimate of drug-likeness (QED) is 0.738. The van der Waals surface area contributed by atoms with Gasteiger partial charge in [0.15, 0.2) is 5.16 Å². The fraction of sp³-hybridized carbons (Fsp3) is 0.750. The molecule has 0 radical (unpaired) electrons. The molecular formula is C12H22N4O2S. The van der Waals surface area contributed by atoms with Gasteiger partial charge in [0.25, 0.3) is 0 Å². The summed E-state index contributed by atoms with van der Waals surface area (Å²) >= 11 is 1.22. The van der Waals surface area contributed by atoms with Crippen molar-refractivity contribution in [1.82, 2.24) is 14.8 Å². The minimum atomic E-state index is -0.840. The molecule has 0 spiro atoms. The molecule has 6 nitrogen and oxygen atoms in total. The Balaban J connectivity index is 2.95. The van der Waals surface area contributed by atoms with E-state index in [1.165, 1.54) is 11.8 Å². The summed E-state index contributed by atoms with van der Waals surface area (Å²) in [4.78, 5) is 12.7. The van der Waals surface area contributed by atoms with Gasteiger partial charge in [-0.1, -0.05) is 25.6 Å². The molecule has 1 N–H and O–H groups in total. The largest absolute Gasteiger partial charge is 0.481 e. The Morgan fingerprint density at radius 3 is 2.68 bits per heavy atom. The third-order valence-corrected chi connectivity index (χ3v) is 3.99. The number of carboxylic acid groups (broad SMARTS) is 1. The summed E-state index contributed by atoms with van der Waals surface area (Å²) in [6.45, 7) is 7.14. The van der Waals surface area contributed by atoms with Gasteiger partial charge >= 0.3 is 5.97 Å². The smallest absolute Gasteiger partial charge is 0.313 e. The summed E-state index contributed by atoms with van der Waals surface area (Å²) in [5.74, 6) is -0.0218. The molecular weight excluding hydrogens is 264 g/mol. The maximum atomic E-state index is 10.6. The van der Waals surface area contributed by atoms with E-state index in [0.29, 0.717) is 11.2 Å². The topological polar surface area (TPSA) is 71.2 Å². The van der Waals surface area contributed by atoms with Crippen LogP contribution in [0.3, 0.4) is 0 Å². The van der Waals surface area contributed by atoms with Crippen LogP contribution >= 0.6 is 11.8 Å². The number of thioether (sulfide) groups is 1. The monoisotopic (exact) mass is 286 g/mol. The molecule has 0 saturated heterocycles. The van der Waals surface area contributed by atoms with Crippen LogP contribution < -0.4 is 4.90 Å². The van der Waals surface area contributed by atoms with Crippen molar-refractivity contribution in [2.75, 3.05) is 17.7 Å². The number of anilines is 1. The van der Waals surface area contributed by atoms with Crippen molar-refractivity contribution in [2.24, 2.45) is 0 Å². The van der Waals surface area contributed by atoms with Crippen LogP contribution in [0.25, 0.3) is 0 Å². The first kappa shape index (κ1) is 15.8. The van der Waals surface area contributed by atoms with E-state index >= 15 is 0 Å². The molecule has 0 aromatic carbocycles. The lowest BCUT2D eigenvalue weighted by atomic mass is 10.2. The van der Waals surface area contributed by atoms with Crippen LogP contribution in [0, 0.1) is 0 Å². The van der Waals surface area contributed by atoms with Crippen molar-refractivity contribution < 1.29 is 9.90 Å². The number of nitrogens with zero attached hydrogens (tertiary/aromatic N) is 4. The van der Waals surface area contributed by atoms with Gasteiger partial charge in [0.2, 0.25) is 5.95 Å². The number of carbonyl (C=O) groups is 1. The Hall–Kier alpha value is -1.24. The van der Waals surface area contributed by atoms with Gasteiger partial charge in [0.05, 0.1) is 5.75 Å². The van der Waals surface area contributed by atoms with Crippen LogP contribution in [-0.2, 0) is 11.3 Å². The summed E-state index contributed by atoms with van der Waals surface area (Å²) in [5.41, 5.74) is 0. The summed E-state index contributed by atoms with van der Waals surface area (Å²) in [7, 11) is 2.00. The first-order valence-electron chi connectivity index (χ1n) is 6.51. The van der Waals surface area contributed by atoms with Crippen molar-refractivity contribution >= 4 is 23.7 Å². The standard InChI is InChI=1S/C12H22N4O2S/c1-5-7-16-11(15(4)9(3)6-2)13-14-12(16)19-8-10(17)18/h9H,5-8H2,1-4H3,(H,17,18). The number of hydrogen-bond acceptors (Lipinski definition) is 5. The average molecular weight is 286 g/mol. The van der Waals surface area contributed by atoms with Gasteiger partial charge in [-0.25, -0.2) is 0 Å². The van der Waals surface area contributed by atoms with Gasteiger partial charge in [-0.15, -0.1) is 10.2 Å². The number of hydrogen-bond donors (Lipinski definition) is 1. The summed E-state index contributed by atoms with van der Waals surface area (Å²) < 4.78 is 2.00. The molecule has 0 aliphatic rings. The van der Waals surface area contributed by atoms with Gasteiger partial charge < -0.3 is 10.0 Å². The van der Waals surface area contributed by atoms with E-state index in [1.54, 1.807) is 0 Å². The van der Waals surface area contributed by atoms with Crippen LogP contribution in [0.2, 0.25) is 0 Å². The SMILES string of the molecule is CCCn1c(SCC(=O)O)nnc1N(C)C(C)CC. The molecule has 1 atom stereocenters. The van der Waals surface area contributed by atoms with E-state index in [2.05, 4.69) is 35.9 Å². The molecule has 0 amide bonds. The van der Waals surface area contributed by atoms with Crippen molar-refractivity contribution in [3.8, 4) is 0 Å². The molecule has 0 fully saturated rings. The highest BCUT2D eigenvalue weighted by Gasteiger charge is 2.18. The van der Waals surface area contributed by atoms with Crippen molar-refractivity contribution in [3.05, 3.63) is 0 Å². The zero-order valence-electron chi connectivity index (χ0n) is 12.0. The van der Waals surface area contributed by atoms with Crippen LogP contribution in [0.1, 0.15) is 33.6 Å². The van der Waals surface area contributed by atoms with Crippen LogP contribution in [-0.4, -0.2) is 44.7 Å². The predicted octanol–water partition coefficient (Wildman–Crippen LogP) is 2.10. The lowest BCUT2D eigenvalue weighted by Crippen LogP contribution is -2.30. The van der Waals surface area contributed by atoms with Gasteiger partial charge in [-0.2, -0.15) is 0 Å². The zero-order chi connectivity index (χ0) is 14.4. The van der Waals surface area contributed by atoms with E-state index in [-0.39, 0.29) is 5.75 Å². The van der Waals surface area contributed by atoms with E-state index in [1.807, 2.05) is 11.6 Å². The number of aromatic nitrogens is 3. The molecule has 108 valence electrons. The molecule has 7 heteroatoms. The summed E-state index contributed by atoms with van der Waals surface area (Å²) in [5, 5.41) is 17.7. The number of aliphatic carboxylic acids is 1.